The number of carbonyl (C=O) groups is 1. The first kappa shape index (κ1) is 9.72. The zero-order valence-electron chi connectivity index (χ0n) is 7.97. The summed E-state index contributed by atoms with van der Waals surface area (Å²) in [4.78, 5) is 10.8. The summed E-state index contributed by atoms with van der Waals surface area (Å²) in [5, 5.41) is 9.06. The Kier molecular flexibility index (Phi) is 2.57. The molecule has 0 aromatic rings. The van der Waals surface area contributed by atoms with E-state index in [1.54, 1.807) is 0 Å². The van der Waals surface area contributed by atoms with Gasteiger partial charge in [0.15, 0.2) is 0 Å². The maximum absolute atomic E-state index is 10.8. The van der Waals surface area contributed by atoms with E-state index >= 15 is 0 Å². The summed E-state index contributed by atoms with van der Waals surface area (Å²) in [7, 11) is 0. The van der Waals surface area contributed by atoms with Gasteiger partial charge in [-0.05, 0) is 24.7 Å². The third kappa shape index (κ3) is 1.86. The molecule has 0 aliphatic heterocycles. The highest BCUT2D eigenvalue weighted by molar-refractivity contribution is 5.60. The molecule has 0 aromatic heterocycles. The maximum Gasteiger partial charge on any atom is 0.126 e. The average molecular weight is 170 g/mol. The van der Waals surface area contributed by atoms with Crippen LogP contribution in [0.2, 0.25) is 0 Å². The minimum atomic E-state index is -0.0959. The van der Waals surface area contributed by atoms with Gasteiger partial charge in [0, 0.05) is 12.0 Å². The van der Waals surface area contributed by atoms with Crippen LogP contribution in [0.3, 0.4) is 0 Å². The lowest BCUT2D eigenvalue weighted by Gasteiger charge is -2.41. The Balaban J connectivity index is 2.53. The largest absolute Gasteiger partial charge is 0.396 e. The quantitative estimate of drug-likeness (QED) is 0.653. The van der Waals surface area contributed by atoms with Crippen molar-refractivity contribution in [2.75, 3.05) is 6.61 Å². The van der Waals surface area contributed by atoms with E-state index in [2.05, 4.69) is 0 Å². The lowest BCUT2D eigenvalue weighted by Crippen LogP contribution is -2.37. The van der Waals surface area contributed by atoms with E-state index in [9.17, 15) is 4.79 Å². The zero-order chi connectivity index (χ0) is 9.24. The molecule has 2 heteroatoms. The van der Waals surface area contributed by atoms with Crippen LogP contribution >= 0.6 is 0 Å². The van der Waals surface area contributed by atoms with Gasteiger partial charge in [-0.3, -0.25) is 0 Å². The highest BCUT2D eigenvalue weighted by Gasteiger charge is 2.40. The summed E-state index contributed by atoms with van der Waals surface area (Å²) in [6.07, 6.45) is 5.12. The Hall–Kier alpha value is -0.370. The fourth-order valence-electron chi connectivity index (χ4n) is 1.98. The third-order valence-electron chi connectivity index (χ3n) is 2.86. The molecule has 0 aromatic carbocycles. The van der Waals surface area contributed by atoms with Crippen molar-refractivity contribution >= 4 is 6.29 Å². The molecule has 70 valence electrons. The molecular weight excluding hydrogens is 152 g/mol. The van der Waals surface area contributed by atoms with Crippen LogP contribution in [0.5, 0.6) is 0 Å². The summed E-state index contributed by atoms with van der Waals surface area (Å²) in [6, 6.07) is 0. The molecule has 1 saturated carbocycles. The van der Waals surface area contributed by atoms with Crippen molar-refractivity contribution in [3.8, 4) is 0 Å². The van der Waals surface area contributed by atoms with Crippen molar-refractivity contribution < 1.29 is 9.90 Å². The molecule has 2 nitrogen and oxygen atoms in total. The van der Waals surface area contributed by atoms with Gasteiger partial charge in [-0.25, -0.2) is 0 Å². The van der Waals surface area contributed by atoms with E-state index in [-0.39, 0.29) is 17.4 Å². The number of aldehydes is 1. The highest BCUT2D eigenvalue weighted by atomic mass is 16.3. The van der Waals surface area contributed by atoms with Gasteiger partial charge in [-0.1, -0.05) is 20.3 Å². The fourth-order valence-corrected chi connectivity index (χ4v) is 1.98. The fraction of sp³-hybridized carbons (Fsp3) is 0.900. The molecule has 0 bridgehead atoms. The monoisotopic (exact) mass is 170 g/mol. The van der Waals surface area contributed by atoms with Gasteiger partial charge in [-0.15, -0.1) is 0 Å². The van der Waals surface area contributed by atoms with E-state index in [0.29, 0.717) is 0 Å². The Morgan fingerprint density at radius 3 is 2.33 bits per heavy atom. The van der Waals surface area contributed by atoms with Gasteiger partial charge in [0.1, 0.15) is 6.29 Å². The van der Waals surface area contributed by atoms with E-state index < -0.39 is 0 Å². The molecule has 0 amide bonds. The molecule has 0 heterocycles. The number of rotatable bonds is 4. The Morgan fingerprint density at radius 1 is 1.50 bits per heavy atom. The molecule has 0 spiro atoms. The van der Waals surface area contributed by atoms with Crippen molar-refractivity contribution in [1.29, 1.82) is 0 Å². The molecule has 1 aliphatic rings. The second kappa shape index (κ2) is 3.17. The minimum absolute atomic E-state index is 0.0910. The first-order valence-corrected chi connectivity index (χ1v) is 4.61. The second-order valence-corrected chi connectivity index (χ2v) is 4.83. The van der Waals surface area contributed by atoms with Gasteiger partial charge >= 0.3 is 0 Å². The molecule has 0 saturated heterocycles. The predicted molar refractivity (Wildman–Crippen MR) is 47.8 cm³/mol. The van der Waals surface area contributed by atoms with Gasteiger partial charge < -0.3 is 9.90 Å². The topological polar surface area (TPSA) is 37.3 Å². The number of aliphatic hydroxyl groups excluding tert-OH is 1. The Bertz CT molecular complexity index is 169. The van der Waals surface area contributed by atoms with Crippen LogP contribution in [0.1, 0.15) is 39.5 Å². The van der Waals surface area contributed by atoms with E-state index in [0.717, 1.165) is 25.5 Å². The van der Waals surface area contributed by atoms with Crippen molar-refractivity contribution in [3.05, 3.63) is 0 Å². The summed E-state index contributed by atoms with van der Waals surface area (Å²) >= 11 is 0. The lowest BCUT2D eigenvalue weighted by atomic mass is 9.62. The Labute approximate surface area is 74.0 Å². The van der Waals surface area contributed by atoms with E-state index in [1.165, 1.54) is 6.42 Å². The lowest BCUT2D eigenvalue weighted by molar-refractivity contribution is -0.123. The number of carbonyl (C=O) groups excluding carboxylic acids is 1. The summed E-state index contributed by atoms with van der Waals surface area (Å²) in [5.74, 6) is 0. The predicted octanol–water partition coefficient (Wildman–Crippen LogP) is 1.76. The van der Waals surface area contributed by atoms with Crippen LogP contribution in [0.15, 0.2) is 0 Å². The van der Waals surface area contributed by atoms with Crippen molar-refractivity contribution in [2.45, 2.75) is 39.5 Å². The zero-order valence-corrected chi connectivity index (χ0v) is 7.97. The normalized spacial score (nSPS) is 21.6. The molecule has 1 aliphatic carbocycles. The molecule has 1 fully saturated rings. The summed E-state index contributed by atoms with van der Waals surface area (Å²) in [5.41, 5.74) is -0.187. The van der Waals surface area contributed by atoms with Gasteiger partial charge in [0.2, 0.25) is 0 Å². The van der Waals surface area contributed by atoms with Crippen LogP contribution in [-0.2, 0) is 4.79 Å². The molecule has 0 unspecified atom stereocenters. The van der Waals surface area contributed by atoms with Crippen LogP contribution in [0.25, 0.3) is 0 Å². The van der Waals surface area contributed by atoms with Gasteiger partial charge in [0.25, 0.3) is 0 Å². The SMILES string of the molecule is CC(C)(CO)CC1(C=O)CCC1. The van der Waals surface area contributed by atoms with Gasteiger partial charge in [-0.2, -0.15) is 0 Å². The van der Waals surface area contributed by atoms with Gasteiger partial charge in [0.05, 0.1) is 0 Å². The van der Waals surface area contributed by atoms with E-state index in [1.807, 2.05) is 13.8 Å². The van der Waals surface area contributed by atoms with Crippen LogP contribution < -0.4 is 0 Å². The van der Waals surface area contributed by atoms with Crippen molar-refractivity contribution in [1.82, 2.24) is 0 Å². The smallest absolute Gasteiger partial charge is 0.126 e. The minimum Gasteiger partial charge on any atom is -0.396 e. The molecule has 1 N–H and O–H groups in total. The molecule has 1 rings (SSSR count). The molecular formula is C10H18O2. The Morgan fingerprint density at radius 2 is 2.08 bits per heavy atom. The van der Waals surface area contributed by atoms with Crippen LogP contribution in [0.4, 0.5) is 0 Å². The summed E-state index contributed by atoms with van der Waals surface area (Å²) < 4.78 is 0. The van der Waals surface area contributed by atoms with Crippen LogP contribution in [0, 0.1) is 10.8 Å². The standard InChI is InChI=1S/C10H18O2/c1-9(2,7-11)6-10(8-12)4-3-5-10/h8,11H,3-7H2,1-2H3. The molecule has 12 heavy (non-hydrogen) atoms. The van der Waals surface area contributed by atoms with Crippen molar-refractivity contribution in [2.24, 2.45) is 10.8 Å². The maximum atomic E-state index is 10.8. The first-order chi connectivity index (χ1) is 5.54. The second-order valence-electron chi connectivity index (χ2n) is 4.83. The highest BCUT2D eigenvalue weighted by Crippen LogP contribution is 2.46. The number of hydrogen-bond acceptors (Lipinski definition) is 2. The third-order valence-corrected chi connectivity index (χ3v) is 2.86. The van der Waals surface area contributed by atoms with Crippen LogP contribution in [-0.4, -0.2) is 18.0 Å². The van der Waals surface area contributed by atoms with Crippen molar-refractivity contribution in [3.63, 3.8) is 0 Å². The molecule has 0 atom stereocenters. The number of aliphatic hydroxyl groups is 1. The first-order valence-electron chi connectivity index (χ1n) is 4.61. The molecule has 0 radical (unpaired) electrons. The van der Waals surface area contributed by atoms with E-state index in [4.69, 9.17) is 5.11 Å². The summed E-state index contributed by atoms with van der Waals surface area (Å²) in [6.45, 7) is 4.19. The average Bonchev–Trinajstić information content (AvgIpc) is 1.97. The number of hydrogen-bond donors (Lipinski definition) is 1.